The maximum Gasteiger partial charge on any atom is 0.341 e. The van der Waals surface area contributed by atoms with Crippen LogP contribution < -0.4 is 5.32 Å². The first-order valence-electron chi connectivity index (χ1n) is 10.6. The fourth-order valence-corrected chi connectivity index (χ4v) is 5.97. The Labute approximate surface area is 194 Å². The maximum absolute atomic E-state index is 12.7. The molecule has 0 aliphatic heterocycles. The maximum atomic E-state index is 12.7. The molecular weight excluding hydrogens is 448 g/mol. The van der Waals surface area contributed by atoms with E-state index in [1.807, 2.05) is 24.6 Å². The predicted molar refractivity (Wildman–Crippen MR) is 124 cm³/mol. The van der Waals surface area contributed by atoms with Crippen molar-refractivity contribution in [2.75, 3.05) is 17.7 Å². The Morgan fingerprint density at radius 2 is 2.22 bits per heavy atom. The molecule has 3 heterocycles. The van der Waals surface area contributed by atoms with Gasteiger partial charge in [0.2, 0.25) is 5.91 Å². The number of hydrogen-bond donors (Lipinski definition) is 1. The lowest BCUT2D eigenvalue weighted by molar-refractivity contribution is -0.113. The number of thioether (sulfide) groups is 1. The Morgan fingerprint density at radius 3 is 2.94 bits per heavy atom. The fraction of sp³-hybridized carbons (Fsp3) is 0.455. The van der Waals surface area contributed by atoms with Crippen LogP contribution in [0.4, 0.5) is 5.00 Å². The van der Waals surface area contributed by atoms with Crippen molar-refractivity contribution < 1.29 is 18.7 Å². The van der Waals surface area contributed by atoms with Crippen LogP contribution in [0.2, 0.25) is 0 Å². The number of aryl methyl sites for hydroxylation is 1. The molecule has 8 nitrogen and oxygen atoms in total. The van der Waals surface area contributed by atoms with E-state index in [-0.39, 0.29) is 17.6 Å². The molecule has 0 fully saturated rings. The van der Waals surface area contributed by atoms with Gasteiger partial charge in [-0.25, -0.2) is 4.79 Å². The first kappa shape index (κ1) is 22.6. The molecule has 0 aromatic carbocycles. The van der Waals surface area contributed by atoms with E-state index in [0.717, 1.165) is 36.1 Å². The molecule has 1 N–H and O–H groups in total. The number of thiophene rings is 1. The van der Waals surface area contributed by atoms with Crippen molar-refractivity contribution in [2.24, 2.45) is 13.0 Å². The second-order valence-electron chi connectivity index (χ2n) is 7.87. The van der Waals surface area contributed by atoms with Crippen LogP contribution in [0.3, 0.4) is 0 Å². The monoisotopic (exact) mass is 474 g/mol. The molecule has 1 amide bonds. The molecule has 0 saturated carbocycles. The fourth-order valence-electron chi connectivity index (χ4n) is 3.84. The normalized spacial score (nSPS) is 15.4. The molecule has 1 aliphatic rings. The van der Waals surface area contributed by atoms with Gasteiger partial charge in [-0.1, -0.05) is 18.7 Å². The van der Waals surface area contributed by atoms with Gasteiger partial charge in [0.15, 0.2) is 11.0 Å². The van der Waals surface area contributed by atoms with E-state index in [9.17, 15) is 9.59 Å². The van der Waals surface area contributed by atoms with Gasteiger partial charge in [0.05, 0.1) is 29.7 Å². The van der Waals surface area contributed by atoms with Crippen molar-refractivity contribution in [3.8, 4) is 11.4 Å². The lowest BCUT2D eigenvalue weighted by Crippen LogP contribution is -2.18. The number of hydrogen-bond acceptors (Lipinski definition) is 8. The van der Waals surface area contributed by atoms with Gasteiger partial charge >= 0.3 is 5.97 Å². The van der Waals surface area contributed by atoms with Crippen LogP contribution in [0.15, 0.2) is 21.9 Å². The summed E-state index contributed by atoms with van der Waals surface area (Å²) in [7, 11) is 1.86. The minimum atomic E-state index is -0.365. The highest BCUT2D eigenvalue weighted by molar-refractivity contribution is 7.99. The molecule has 1 unspecified atom stereocenters. The third-order valence-electron chi connectivity index (χ3n) is 5.51. The molecule has 0 saturated heterocycles. The number of amides is 1. The summed E-state index contributed by atoms with van der Waals surface area (Å²) in [4.78, 5) is 26.5. The summed E-state index contributed by atoms with van der Waals surface area (Å²) in [6, 6.07) is 1.84. The third kappa shape index (κ3) is 4.47. The van der Waals surface area contributed by atoms with E-state index < -0.39 is 0 Å². The third-order valence-corrected chi connectivity index (χ3v) is 7.70. The van der Waals surface area contributed by atoms with E-state index in [2.05, 4.69) is 22.4 Å². The average Bonchev–Trinajstić information content (AvgIpc) is 3.43. The van der Waals surface area contributed by atoms with Crippen LogP contribution in [0.5, 0.6) is 0 Å². The van der Waals surface area contributed by atoms with Gasteiger partial charge < -0.3 is 19.0 Å². The Hall–Kier alpha value is -2.59. The van der Waals surface area contributed by atoms with Crippen LogP contribution in [0, 0.1) is 12.8 Å². The van der Waals surface area contributed by atoms with Gasteiger partial charge in [-0.3, -0.25) is 4.79 Å². The highest BCUT2D eigenvalue weighted by Crippen LogP contribution is 2.40. The second-order valence-corrected chi connectivity index (χ2v) is 9.92. The van der Waals surface area contributed by atoms with Crippen LogP contribution >= 0.6 is 23.1 Å². The quantitative estimate of drug-likeness (QED) is 0.398. The molecule has 4 rings (SSSR count). The molecule has 10 heteroatoms. The summed E-state index contributed by atoms with van der Waals surface area (Å²) in [6.07, 6.45) is 4.40. The number of nitrogens with zero attached hydrogens (tertiary/aromatic N) is 3. The number of carbonyl (C=O) groups is 2. The zero-order valence-corrected chi connectivity index (χ0v) is 20.2. The van der Waals surface area contributed by atoms with E-state index in [0.29, 0.717) is 34.1 Å². The summed E-state index contributed by atoms with van der Waals surface area (Å²) < 4.78 is 12.5. The number of nitrogens with one attached hydrogen (secondary N) is 1. The largest absolute Gasteiger partial charge is 0.469 e. The minimum Gasteiger partial charge on any atom is -0.469 e. The van der Waals surface area contributed by atoms with Gasteiger partial charge in [0.25, 0.3) is 0 Å². The Bertz CT molecular complexity index is 1150. The lowest BCUT2D eigenvalue weighted by atomic mass is 9.88. The molecular formula is C22H26N4O4S2. The van der Waals surface area contributed by atoms with Crippen molar-refractivity contribution in [1.82, 2.24) is 14.8 Å². The molecule has 0 spiro atoms. The first-order valence-corrected chi connectivity index (χ1v) is 12.4. The van der Waals surface area contributed by atoms with Gasteiger partial charge in [0, 0.05) is 11.9 Å². The molecule has 32 heavy (non-hydrogen) atoms. The predicted octanol–water partition coefficient (Wildman–Crippen LogP) is 4.48. The molecule has 0 radical (unpaired) electrons. The molecule has 1 aliphatic carbocycles. The zero-order chi connectivity index (χ0) is 22.8. The molecule has 170 valence electrons. The minimum absolute atomic E-state index is 0.150. The van der Waals surface area contributed by atoms with E-state index in [1.165, 1.54) is 28.0 Å². The van der Waals surface area contributed by atoms with Crippen molar-refractivity contribution in [2.45, 2.75) is 45.2 Å². The lowest BCUT2D eigenvalue weighted by Gasteiger charge is -2.18. The van der Waals surface area contributed by atoms with Gasteiger partial charge in [0.1, 0.15) is 10.8 Å². The van der Waals surface area contributed by atoms with Crippen molar-refractivity contribution in [3.63, 3.8) is 0 Å². The molecule has 3 aromatic heterocycles. The SMILES string of the molecule is CCOC(=O)c1c(NC(=O)CSc2nnc(-c3ccoc3C)n2C)sc2c1CCC(C)C2. The Balaban J connectivity index is 1.47. The highest BCUT2D eigenvalue weighted by atomic mass is 32.2. The van der Waals surface area contributed by atoms with Crippen molar-refractivity contribution in [3.05, 3.63) is 34.1 Å². The van der Waals surface area contributed by atoms with E-state index in [4.69, 9.17) is 9.15 Å². The summed E-state index contributed by atoms with van der Waals surface area (Å²) in [5.41, 5.74) is 2.42. The van der Waals surface area contributed by atoms with Crippen molar-refractivity contribution >= 4 is 40.0 Å². The number of fused-ring (bicyclic) bond motifs is 1. The van der Waals surface area contributed by atoms with Crippen LogP contribution in [-0.2, 0) is 29.4 Å². The molecule has 0 bridgehead atoms. The number of esters is 1. The summed E-state index contributed by atoms with van der Waals surface area (Å²) in [6.45, 7) is 6.16. The molecule has 3 aromatic rings. The van der Waals surface area contributed by atoms with Gasteiger partial charge in [-0.05, 0) is 50.7 Å². The first-order chi connectivity index (χ1) is 15.4. The van der Waals surface area contributed by atoms with Gasteiger partial charge in [-0.15, -0.1) is 21.5 Å². The second kappa shape index (κ2) is 9.50. The van der Waals surface area contributed by atoms with E-state index in [1.54, 1.807) is 13.2 Å². The van der Waals surface area contributed by atoms with Gasteiger partial charge in [-0.2, -0.15) is 0 Å². The highest BCUT2D eigenvalue weighted by Gasteiger charge is 2.29. The number of anilines is 1. The number of furan rings is 1. The number of aromatic nitrogens is 3. The van der Waals surface area contributed by atoms with Crippen LogP contribution in [-0.4, -0.2) is 39.0 Å². The summed E-state index contributed by atoms with van der Waals surface area (Å²) in [5, 5.41) is 12.6. The number of carbonyl (C=O) groups excluding carboxylic acids is 2. The smallest absolute Gasteiger partial charge is 0.341 e. The Morgan fingerprint density at radius 1 is 1.41 bits per heavy atom. The van der Waals surface area contributed by atoms with Crippen molar-refractivity contribution in [1.29, 1.82) is 0 Å². The summed E-state index contributed by atoms with van der Waals surface area (Å²) in [5.74, 6) is 1.60. The zero-order valence-electron chi connectivity index (χ0n) is 18.6. The molecule has 1 atom stereocenters. The van der Waals surface area contributed by atoms with E-state index >= 15 is 0 Å². The average molecular weight is 475 g/mol. The van der Waals surface area contributed by atoms with Crippen LogP contribution in [0.1, 0.15) is 46.8 Å². The topological polar surface area (TPSA) is 99.2 Å². The number of rotatable bonds is 7. The summed E-state index contributed by atoms with van der Waals surface area (Å²) >= 11 is 2.78. The Kier molecular flexibility index (Phi) is 6.71. The number of ether oxygens (including phenoxy) is 1. The standard InChI is InChI=1S/C22H26N4O4S2/c1-5-29-21(28)18-15-7-6-12(2)10-16(15)32-20(18)23-17(27)11-31-22-25-24-19(26(22)4)14-8-9-30-13(14)3/h8-9,12H,5-7,10-11H2,1-4H3,(H,23,27). The van der Waals surface area contributed by atoms with Crippen LogP contribution in [0.25, 0.3) is 11.4 Å².